The molecule has 0 aromatic heterocycles. The van der Waals surface area contributed by atoms with E-state index in [9.17, 15) is 19.3 Å². The van der Waals surface area contributed by atoms with Crippen LogP contribution in [-0.2, 0) is 14.2 Å². The van der Waals surface area contributed by atoms with Crippen LogP contribution in [0.3, 0.4) is 0 Å². The molecule has 8 heteroatoms. The fraction of sp³-hybridized carbons (Fsp3) is 0.818. The molecule has 0 bridgehead atoms. The lowest BCUT2D eigenvalue weighted by atomic mass is 9.83. The molecule has 1 rings (SSSR count). The van der Waals surface area contributed by atoms with Gasteiger partial charge >= 0.3 is 19.5 Å². The summed E-state index contributed by atoms with van der Waals surface area (Å²) in [7, 11) is -5.00. The van der Waals surface area contributed by atoms with E-state index in [1.165, 1.54) is 0 Å². The summed E-state index contributed by atoms with van der Waals surface area (Å²) in [4.78, 5) is 40.6. The summed E-state index contributed by atoms with van der Waals surface area (Å²) in [5.41, 5.74) is -2.16. The average molecular weight is 294 g/mol. The molecule has 4 N–H and O–H groups in total. The first-order valence-corrected chi connectivity index (χ1v) is 7.94. The number of hydrogen-bond donors (Lipinski definition) is 4. The van der Waals surface area contributed by atoms with Crippen molar-refractivity contribution >= 4 is 19.5 Å². The molecule has 0 aromatic rings. The van der Waals surface area contributed by atoms with Gasteiger partial charge in [-0.3, -0.25) is 14.2 Å². The van der Waals surface area contributed by atoms with Gasteiger partial charge in [0.05, 0.1) is 5.92 Å². The highest BCUT2D eigenvalue weighted by atomic mass is 31.2. The van der Waals surface area contributed by atoms with Gasteiger partial charge in [-0.1, -0.05) is 25.7 Å². The predicted octanol–water partition coefficient (Wildman–Crippen LogP) is 1.29. The summed E-state index contributed by atoms with van der Waals surface area (Å²) < 4.78 is 11.3. The molecule has 0 aromatic carbocycles. The molecule has 1 fully saturated rings. The van der Waals surface area contributed by atoms with Gasteiger partial charge in [-0.2, -0.15) is 0 Å². The zero-order valence-corrected chi connectivity index (χ0v) is 11.3. The molecule has 2 unspecified atom stereocenters. The van der Waals surface area contributed by atoms with Crippen LogP contribution in [0.2, 0.25) is 0 Å². The van der Waals surface area contributed by atoms with Gasteiger partial charge in [0.25, 0.3) is 0 Å². The van der Waals surface area contributed by atoms with Gasteiger partial charge in [0.1, 0.15) is 0 Å². The summed E-state index contributed by atoms with van der Waals surface area (Å²) in [6.07, 6.45) is 4.42. The van der Waals surface area contributed by atoms with E-state index < -0.39 is 37.0 Å². The van der Waals surface area contributed by atoms with E-state index in [0.29, 0.717) is 12.8 Å². The number of rotatable bonds is 5. The quantitative estimate of drug-likeness (QED) is 0.443. The molecule has 1 aliphatic rings. The Hall–Kier alpha value is -0.910. The number of aliphatic carboxylic acids is 2. The maximum Gasteiger partial charge on any atom is 0.340 e. The van der Waals surface area contributed by atoms with E-state index in [2.05, 4.69) is 0 Å². The third-order valence-corrected chi connectivity index (χ3v) is 4.92. The first kappa shape index (κ1) is 16.1. The second-order valence-electron chi connectivity index (χ2n) is 4.99. The summed E-state index contributed by atoms with van der Waals surface area (Å²) in [5.74, 6) is -5.21. The smallest absolute Gasteiger partial charge is 0.340 e. The predicted molar refractivity (Wildman–Crippen MR) is 65.8 cm³/mol. The Morgan fingerprint density at radius 1 is 0.947 bits per heavy atom. The molecule has 0 aliphatic heterocycles. The van der Waals surface area contributed by atoms with E-state index in [0.717, 1.165) is 25.7 Å². The van der Waals surface area contributed by atoms with Crippen molar-refractivity contribution in [3.63, 3.8) is 0 Å². The number of carboxylic acid groups (broad SMARTS) is 2. The van der Waals surface area contributed by atoms with Crippen LogP contribution in [0.5, 0.6) is 0 Å². The van der Waals surface area contributed by atoms with Crippen molar-refractivity contribution in [3.8, 4) is 0 Å². The molecule has 1 saturated carbocycles. The summed E-state index contributed by atoms with van der Waals surface area (Å²) in [6.45, 7) is 0. The van der Waals surface area contributed by atoms with Crippen molar-refractivity contribution in [1.29, 1.82) is 0 Å². The fourth-order valence-electron chi connectivity index (χ4n) is 2.77. The first-order chi connectivity index (χ1) is 8.75. The van der Waals surface area contributed by atoms with Crippen LogP contribution in [0.4, 0.5) is 0 Å². The highest BCUT2D eigenvalue weighted by Gasteiger charge is 2.49. The summed E-state index contributed by atoms with van der Waals surface area (Å²) in [5, 5.41) is 18.2. The Morgan fingerprint density at radius 2 is 1.42 bits per heavy atom. The van der Waals surface area contributed by atoms with Crippen molar-refractivity contribution in [1.82, 2.24) is 0 Å². The van der Waals surface area contributed by atoms with Gasteiger partial charge < -0.3 is 20.0 Å². The van der Waals surface area contributed by atoms with Gasteiger partial charge in [0.15, 0.2) is 5.66 Å². The first-order valence-electron chi connectivity index (χ1n) is 6.26. The minimum Gasteiger partial charge on any atom is -0.481 e. The van der Waals surface area contributed by atoms with Gasteiger partial charge in [-0.25, -0.2) is 0 Å². The van der Waals surface area contributed by atoms with Crippen LogP contribution in [0.15, 0.2) is 0 Å². The maximum absolute atomic E-state index is 11.3. The topological polar surface area (TPSA) is 132 Å². The lowest BCUT2D eigenvalue weighted by Gasteiger charge is -2.28. The van der Waals surface area contributed by atoms with Crippen LogP contribution in [-0.4, -0.2) is 37.6 Å². The molecule has 110 valence electrons. The zero-order chi connectivity index (χ0) is 14.6. The van der Waals surface area contributed by atoms with E-state index in [-0.39, 0.29) is 0 Å². The molecule has 1 aliphatic carbocycles. The molecule has 0 spiro atoms. The Kier molecular flexibility index (Phi) is 5.52. The highest BCUT2D eigenvalue weighted by molar-refractivity contribution is 7.53. The van der Waals surface area contributed by atoms with Gasteiger partial charge in [0.2, 0.25) is 0 Å². The average Bonchev–Trinajstić information content (AvgIpc) is 2.50. The maximum atomic E-state index is 11.3. The SMILES string of the molecule is O=C(O)C(C1CCCCCC1)C(C(=O)O)P(=O)(O)O. The minimum absolute atomic E-state index is 0.492. The number of hydrogen-bond acceptors (Lipinski definition) is 3. The Balaban J connectivity index is 3.06. The molecule has 0 saturated heterocycles. The van der Waals surface area contributed by atoms with Gasteiger partial charge in [-0.05, 0) is 18.8 Å². The van der Waals surface area contributed by atoms with Crippen molar-refractivity contribution in [2.75, 3.05) is 0 Å². The van der Waals surface area contributed by atoms with Crippen LogP contribution in [0, 0.1) is 11.8 Å². The van der Waals surface area contributed by atoms with Crippen molar-refractivity contribution < 1.29 is 34.2 Å². The number of carbonyl (C=O) groups is 2. The lowest BCUT2D eigenvalue weighted by molar-refractivity contribution is -0.150. The van der Waals surface area contributed by atoms with E-state index >= 15 is 0 Å². The third-order valence-electron chi connectivity index (χ3n) is 3.65. The van der Waals surface area contributed by atoms with Crippen LogP contribution >= 0.6 is 7.60 Å². The second-order valence-corrected chi connectivity index (χ2v) is 6.72. The van der Waals surface area contributed by atoms with Crippen LogP contribution in [0.1, 0.15) is 38.5 Å². The molecule has 7 nitrogen and oxygen atoms in total. The highest BCUT2D eigenvalue weighted by Crippen LogP contribution is 2.49. The molecular weight excluding hydrogens is 275 g/mol. The standard InChI is InChI=1S/C11H19O7P/c12-10(13)8(7-5-3-1-2-4-6-7)9(11(14)15)19(16,17)18/h7-9H,1-6H2,(H,12,13)(H,14,15)(H2,16,17,18). The van der Waals surface area contributed by atoms with Crippen molar-refractivity contribution in [3.05, 3.63) is 0 Å². The van der Waals surface area contributed by atoms with Crippen LogP contribution < -0.4 is 0 Å². The molecule has 19 heavy (non-hydrogen) atoms. The van der Waals surface area contributed by atoms with E-state index in [1.54, 1.807) is 0 Å². The fourth-order valence-corrected chi connectivity index (χ4v) is 3.85. The van der Waals surface area contributed by atoms with E-state index in [4.69, 9.17) is 14.9 Å². The van der Waals surface area contributed by atoms with Crippen molar-refractivity contribution in [2.24, 2.45) is 11.8 Å². The van der Waals surface area contributed by atoms with Gasteiger partial charge in [-0.15, -0.1) is 0 Å². The lowest BCUT2D eigenvalue weighted by Crippen LogP contribution is -2.39. The Morgan fingerprint density at radius 3 is 1.74 bits per heavy atom. The minimum atomic E-state index is -5.00. The normalized spacial score (nSPS) is 21.4. The molecule has 0 radical (unpaired) electrons. The third kappa shape index (κ3) is 4.30. The van der Waals surface area contributed by atoms with E-state index in [1.807, 2.05) is 0 Å². The van der Waals surface area contributed by atoms with Gasteiger partial charge in [0, 0.05) is 0 Å². The number of carboxylic acids is 2. The molecule has 2 atom stereocenters. The molecule has 0 amide bonds. The largest absolute Gasteiger partial charge is 0.481 e. The Labute approximate surface area is 110 Å². The summed E-state index contributed by atoms with van der Waals surface area (Å²) >= 11 is 0. The molecular formula is C11H19O7P. The van der Waals surface area contributed by atoms with Crippen molar-refractivity contribution in [2.45, 2.75) is 44.2 Å². The monoisotopic (exact) mass is 294 g/mol. The molecule has 0 heterocycles. The zero-order valence-electron chi connectivity index (χ0n) is 10.4. The summed E-state index contributed by atoms with van der Waals surface area (Å²) in [6, 6.07) is 0. The Bertz CT molecular complexity index is 381. The van der Waals surface area contributed by atoms with Crippen LogP contribution in [0.25, 0.3) is 0 Å². The second kappa shape index (κ2) is 6.50.